The van der Waals surface area contributed by atoms with Gasteiger partial charge in [-0.05, 0) is 30.9 Å². The second-order valence-corrected chi connectivity index (χ2v) is 6.97. The molecule has 1 aliphatic rings. The number of amides is 1. The summed E-state index contributed by atoms with van der Waals surface area (Å²) in [6.07, 6.45) is -3.28. The molecule has 1 heterocycles. The van der Waals surface area contributed by atoms with Gasteiger partial charge in [-0.25, -0.2) is 0 Å². The van der Waals surface area contributed by atoms with Gasteiger partial charge in [0.15, 0.2) is 0 Å². The number of carboxylic acid groups (broad SMARTS) is 1. The van der Waals surface area contributed by atoms with E-state index in [0.29, 0.717) is 25.8 Å². The summed E-state index contributed by atoms with van der Waals surface area (Å²) in [4.78, 5) is 26.2. The number of ether oxygens (including phenoxy) is 1. The third kappa shape index (κ3) is 4.61. The standard InChI is InChI=1S/C19H24F3NO4/c1-3-15(13-6-4-7-14(10-13)19(20,21)22)16(24)23-9-5-8-18(11-23,12-27-2)17(25)26/h4,6-7,10,15H,3,5,8-9,11-12H2,1-2H3,(H,25,26). The van der Waals surface area contributed by atoms with Gasteiger partial charge in [0.25, 0.3) is 0 Å². The van der Waals surface area contributed by atoms with Crippen molar-refractivity contribution in [2.24, 2.45) is 5.41 Å². The first kappa shape index (κ1) is 21.2. The van der Waals surface area contributed by atoms with Gasteiger partial charge in [0.05, 0.1) is 18.1 Å². The lowest BCUT2D eigenvalue weighted by atomic mass is 9.80. The lowest BCUT2D eigenvalue weighted by molar-refractivity contribution is -0.159. The van der Waals surface area contributed by atoms with Crippen molar-refractivity contribution in [3.05, 3.63) is 35.4 Å². The lowest BCUT2D eigenvalue weighted by Gasteiger charge is -2.40. The first-order valence-electron chi connectivity index (χ1n) is 8.83. The van der Waals surface area contributed by atoms with E-state index in [4.69, 9.17) is 4.74 Å². The topological polar surface area (TPSA) is 66.8 Å². The summed E-state index contributed by atoms with van der Waals surface area (Å²) in [6, 6.07) is 4.76. The third-order valence-electron chi connectivity index (χ3n) is 5.09. The highest BCUT2D eigenvalue weighted by molar-refractivity contribution is 5.85. The number of hydrogen-bond acceptors (Lipinski definition) is 3. The van der Waals surface area contributed by atoms with Crippen LogP contribution in [0.15, 0.2) is 24.3 Å². The number of halogens is 3. The van der Waals surface area contributed by atoms with E-state index in [0.717, 1.165) is 12.1 Å². The highest BCUT2D eigenvalue weighted by Crippen LogP contribution is 2.35. The molecular weight excluding hydrogens is 363 g/mol. The van der Waals surface area contributed by atoms with Gasteiger partial charge in [-0.1, -0.05) is 25.1 Å². The van der Waals surface area contributed by atoms with E-state index in [1.165, 1.54) is 24.1 Å². The number of nitrogens with zero attached hydrogens (tertiary/aromatic N) is 1. The summed E-state index contributed by atoms with van der Waals surface area (Å²) >= 11 is 0. The van der Waals surface area contributed by atoms with Gasteiger partial charge in [-0.15, -0.1) is 0 Å². The van der Waals surface area contributed by atoms with Crippen molar-refractivity contribution in [1.82, 2.24) is 4.90 Å². The maximum atomic E-state index is 13.0. The van der Waals surface area contributed by atoms with Crippen LogP contribution in [0.3, 0.4) is 0 Å². The number of methoxy groups -OCH3 is 1. The minimum absolute atomic E-state index is 0.00946. The van der Waals surface area contributed by atoms with E-state index in [1.807, 2.05) is 0 Å². The largest absolute Gasteiger partial charge is 0.481 e. The molecule has 2 rings (SSSR count). The van der Waals surface area contributed by atoms with Gasteiger partial charge in [0.2, 0.25) is 5.91 Å². The Kier molecular flexibility index (Phi) is 6.51. The van der Waals surface area contributed by atoms with Crippen LogP contribution in [0.2, 0.25) is 0 Å². The number of piperidine rings is 1. The molecule has 1 N–H and O–H groups in total. The Morgan fingerprint density at radius 2 is 2.07 bits per heavy atom. The van der Waals surface area contributed by atoms with Crippen molar-refractivity contribution < 1.29 is 32.6 Å². The predicted octanol–water partition coefficient (Wildman–Crippen LogP) is 3.54. The van der Waals surface area contributed by atoms with Crippen molar-refractivity contribution in [2.45, 2.75) is 38.3 Å². The van der Waals surface area contributed by atoms with Gasteiger partial charge in [-0.3, -0.25) is 9.59 Å². The molecular formula is C19H24F3NO4. The van der Waals surface area contributed by atoms with Gasteiger partial charge < -0.3 is 14.7 Å². The number of aliphatic carboxylic acids is 1. The number of benzene rings is 1. The Hall–Kier alpha value is -2.09. The average Bonchev–Trinajstić information content (AvgIpc) is 2.62. The number of carboxylic acids is 1. The van der Waals surface area contributed by atoms with Crippen LogP contribution >= 0.6 is 0 Å². The van der Waals surface area contributed by atoms with Crippen molar-refractivity contribution in [1.29, 1.82) is 0 Å². The Morgan fingerprint density at radius 3 is 2.63 bits per heavy atom. The fourth-order valence-corrected chi connectivity index (χ4v) is 3.66. The molecule has 0 aliphatic carbocycles. The molecule has 0 spiro atoms. The molecule has 0 bridgehead atoms. The lowest BCUT2D eigenvalue weighted by Crippen LogP contribution is -2.53. The minimum atomic E-state index is -4.49. The molecule has 1 aliphatic heterocycles. The van der Waals surface area contributed by atoms with E-state index in [1.54, 1.807) is 6.92 Å². The Morgan fingerprint density at radius 1 is 1.37 bits per heavy atom. The smallest absolute Gasteiger partial charge is 0.416 e. The summed E-state index contributed by atoms with van der Waals surface area (Å²) in [6.45, 7) is 2.08. The van der Waals surface area contributed by atoms with E-state index >= 15 is 0 Å². The second kappa shape index (κ2) is 8.29. The molecule has 0 aromatic heterocycles. The van der Waals surface area contributed by atoms with Crippen LogP contribution in [0.1, 0.15) is 43.2 Å². The van der Waals surface area contributed by atoms with Crippen molar-refractivity contribution >= 4 is 11.9 Å². The SMILES string of the molecule is CCC(C(=O)N1CCCC(COC)(C(=O)O)C1)c1cccc(C(F)(F)F)c1. The highest BCUT2D eigenvalue weighted by Gasteiger charge is 2.44. The number of likely N-dealkylation sites (tertiary alicyclic amines) is 1. The summed E-state index contributed by atoms with van der Waals surface area (Å²) in [5.41, 5.74) is -1.70. The second-order valence-electron chi connectivity index (χ2n) is 6.97. The van der Waals surface area contributed by atoms with Gasteiger partial charge >= 0.3 is 12.1 Å². The minimum Gasteiger partial charge on any atom is -0.481 e. The van der Waals surface area contributed by atoms with Crippen LogP contribution in [-0.4, -0.2) is 48.7 Å². The zero-order valence-corrected chi connectivity index (χ0v) is 15.4. The molecule has 0 saturated carbocycles. The molecule has 1 amide bonds. The molecule has 2 unspecified atom stereocenters. The predicted molar refractivity (Wildman–Crippen MR) is 92.2 cm³/mol. The fourth-order valence-electron chi connectivity index (χ4n) is 3.66. The molecule has 1 aromatic rings. The molecule has 1 aromatic carbocycles. The fraction of sp³-hybridized carbons (Fsp3) is 0.579. The summed E-state index contributed by atoms with van der Waals surface area (Å²) < 4.78 is 44.0. The molecule has 2 atom stereocenters. The number of rotatable bonds is 6. The van der Waals surface area contributed by atoms with Gasteiger partial charge in [0, 0.05) is 20.2 Å². The molecule has 0 radical (unpaired) electrons. The summed E-state index contributed by atoms with van der Waals surface area (Å²) in [5.74, 6) is -2.13. The number of carbonyl (C=O) groups excluding carboxylic acids is 1. The van der Waals surface area contributed by atoms with Crippen molar-refractivity contribution in [3.63, 3.8) is 0 Å². The normalized spacial score (nSPS) is 21.7. The molecule has 150 valence electrons. The number of alkyl halides is 3. The molecule has 1 fully saturated rings. The maximum Gasteiger partial charge on any atom is 0.416 e. The summed E-state index contributed by atoms with van der Waals surface area (Å²) in [5, 5.41) is 9.62. The summed E-state index contributed by atoms with van der Waals surface area (Å²) in [7, 11) is 1.41. The zero-order valence-electron chi connectivity index (χ0n) is 15.4. The van der Waals surface area contributed by atoms with Crippen LogP contribution in [0, 0.1) is 5.41 Å². The van der Waals surface area contributed by atoms with Crippen LogP contribution in [0.4, 0.5) is 13.2 Å². The molecule has 1 saturated heterocycles. The van der Waals surface area contributed by atoms with Crippen LogP contribution in [-0.2, 0) is 20.5 Å². The quantitative estimate of drug-likeness (QED) is 0.811. The van der Waals surface area contributed by atoms with Crippen LogP contribution < -0.4 is 0 Å². The highest BCUT2D eigenvalue weighted by atomic mass is 19.4. The maximum absolute atomic E-state index is 13.0. The van der Waals surface area contributed by atoms with E-state index in [2.05, 4.69) is 0 Å². The third-order valence-corrected chi connectivity index (χ3v) is 5.09. The molecule has 8 heteroatoms. The Balaban J connectivity index is 2.27. The molecule has 27 heavy (non-hydrogen) atoms. The van der Waals surface area contributed by atoms with Gasteiger partial charge in [-0.2, -0.15) is 13.2 Å². The monoisotopic (exact) mass is 387 g/mol. The van der Waals surface area contributed by atoms with Crippen LogP contribution in [0.25, 0.3) is 0 Å². The van der Waals surface area contributed by atoms with E-state index in [-0.39, 0.29) is 24.6 Å². The van der Waals surface area contributed by atoms with Crippen LogP contribution in [0.5, 0.6) is 0 Å². The first-order chi connectivity index (χ1) is 12.6. The van der Waals surface area contributed by atoms with E-state index < -0.39 is 29.0 Å². The zero-order chi connectivity index (χ0) is 20.2. The van der Waals surface area contributed by atoms with E-state index in [9.17, 15) is 27.9 Å². The number of hydrogen-bond donors (Lipinski definition) is 1. The molecule has 5 nitrogen and oxygen atoms in total. The first-order valence-corrected chi connectivity index (χ1v) is 8.83. The average molecular weight is 387 g/mol. The van der Waals surface area contributed by atoms with Crippen molar-refractivity contribution in [2.75, 3.05) is 26.8 Å². The van der Waals surface area contributed by atoms with Crippen molar-refractivity contribution in [3.8, 4) is 0 Å². The number of carbonyl (C=O) groups is 2. The Labute approximate surface area is 156 Å². The van der Waals surface area contributed by atoms with Gasteiger partial charge in [0.1, 0.15) is 5.41 Å². The Bertz CT molecular complexity index is 688.